The van der Waals surface area contributed by atoms with Gasteiger partial charge in [-0.05, 0) is 66.5 Å². The molecule has 0 radical (unpaired) electrons. The lowest BCUT2D eigenvalue weighted by Gasteiger charge is -2.33. The van der Waals surface area contributed by atoms with E-state index in [1.165, 1.54) is 30.6 Å². The number of aryl methyl sites for hydroxylation is 1. The summed E-state index contributed by atoms with van der Waals surface area (Å²) in [6, 6.07) is 13.4. The summed E-state index contributed by atoms with van der Waals surface area (Å²) in [6.45, 7) is 1.86. The van der Waals surface area contributed by atoms with Crippen molar-refractivity contribution in [1.29, 1.82) is 0 Å². The van der Waals surface area contributed by atoms with Gasteiger partial charge in [0.2, 0.25) is 11.8 Å². The maximum Gasteiger partial charge on any atom is 0.305 e. The standard InChI is InChI=1S/C30H37ClN2O5/c1-38-27-17-22(8-9-24(27)7-4-16-33-28(34)14-15-29(33)35)20-32(19-21-5-2-3-6-21)26(18-30(36)37)23-10-12-25(31)13-11-23/h8-13,17,21,26H,2-7,14-16,18-20H2,1H3,(H,36,37). The van der Waals surface area contributed by atoms with Crippen molar-refractivity contribution in [2.24, 2.45) is 5.92 Å². The van der Waals surface area contributed by atoms with E-state index < -0.39 is 5.97 Å². The third-order valence-corrected chi connectivity index (χ3v) is 8.00. The van der Waals surface area contributed by atoms with Gasteiger partial charge in [-0.3, -0.25) is 24.2 Å². The molecule has 1 atom stereocenters. The van der Waals surface area contributed by atoms with E-state index in [1.807, 2.05) is 36.4 Å². The van der Waals surface area contributed by atoms with E-state index in [0.717, 1.165) is 29.0 Å². The topological polar surface area (TPSA) is 87.2 Å². The summed E-state index contributed by atoms with van der Waals surface area (Å²) in [5.41, 5.74) is 3.03. The van der Waals surface area contributed by atoms with E-state index in [4.69, 9.17) is 16.3 Å². The predicted octanol–water partition coefficient (Wildman–Crippen LogP) is 5.64. The molecule has 0 aromatic heterocycles. The third-order valence-electron chi connectivity index (χ3n) is 7.75. The van der Waals surface area contributed by atoms with Crippen molar-refractivity contribution >= 4 is 29.4 Å². The quantitative estimate of drug-likeness (QED) is 0.331. The van der Waals surface area contributed by atoms with E-state index in [0.29, 0.717) is 49.7 Å². The van der Waals surface area contributed by atoms with Crippen LogP contribution in [0, 0.1) is 5.92 Å². The highest BCUT2D eigenvalue weighted by molar-refractivity contribution is 6.30. The van der Waals surface area contributed by atoms with Crippen LogP contribution in [0.3, 0.4) is 0 Å². The molecule has 1 N–H and O–H groups in total. The van der Waals surface area contributed by atoms with Crippen molar-refractivity contribution in [1.82, 2.24) is 9.80 Å². The van der Waals surface area contributed by atoms with Crippen molar-refractivity contribution in [2.45, 2.75) is 70.4 Å². The number of carboxylic acids is 1. The molecule has 2 fully saturated rings. The summed E-state index contributed by atoms with van der Waals surface area (Å²) < 4.78 is 5.71. The number of likely N-dealkylation sites (tertiary alicyclic amines) is 1. The molecular weight excluding hydrogens is 504 g/mol. The number of carbonyl (C=O) groups is 3. The second-order valence-corrected chi connectivity index (χ2v) is 10.9. The molecule has 0 bridgehead atoms. The van der Waals surface area contributed by atoms with Crippen molar-refractivity contribution in [3.8, 4) is 5.75 Å². The van der Waals surface area contributed by atoms with Gasteiger partial charge in [0, 0.05) is 43.5 Å². The van der Waals surface area contributed by atoms with Crippen LogP contribution in [0.5, 0.6) is 5.75 Å². The highest BCUT2D eigenvalue weighted by Gasteiger charge is 2.29. The molecule has 1 unspecified atom stereocenters. The van der Waals surface area contributed by atoms with Gasteiger partial charge in [0.1, 0.15) is 5.75 Å². The molecule has 2 aromatic rings. The summed E-state index contributed by atoms with van der Waals surface area (Å²) >= 11 is 6.12. The second-order valence-electron chi connectivity index (χ2n) is 10.4. The Labute approximate surface area is 229 Å². The normalized spacial score (nSPS) is 17.0. The first-order valence-corrected chi connectivity index (χ1v) is 13.9. The molecule has 1 aliphatic heterocycles. The number of carboxylic acid groups (broad SMARTS) is 1. The summed E-state index contributed by atoms with van der Waals surface area (Å²) in [6.07, 6.45) is 6.79. The zero-order chi connectivity index (χ0) is 27.1. The molecule has 8 heteroatoms. The fourth-order valence-electron chi connectivity index (χ4n) is 5.76. The van der Waals surface area contributed by atoms with Crippen LogP contribution in [0.4, 0.5) is 0 Å². The molecule has 2 aromatic carbocycles. The molecule has 0 spiro atoms. The van der Waals surface area contributed by atoms with Crippen molar-refractivity contribution in [3.05, 3.63) is 64.2 Å². The van der Waals surface area contributed by atoms with Crippen molar-refractivity contribution in [3.63, 3.8) is 0 Å². The molecule has 2 amide bonds. The minimum Gasteiger partial charge on any atom is -0.496 e. The first-order chi connectivity index (χ1) is 18.3. The molecule has 204 valence electrons. The van der Waals surface area contributed by atoms with Crippen LogP contribution in [-0.4, -0.2) is 52.9 Å². The molecule has 1 heterocycles. The number of ether oxygens (including phenoxy) is 1. The number of amides is 2. The Kier molecular flexibility index (Phi) is 9.80. The number of aliphatic carboxylic acids is 1. The number of benzene rings is 2. The van der Waals surface area contributed by atoms with Crippen LogP contribution in [0.15, 0.2) is 42.5 Å². The maximum atomic E-state index is 11.9. The molecule has 1 saturated heterocycles. The van der Waals surface area contributed by atoms with Crippen molar-refractivity contribution < 1.29 is 24.2 Å². The number of imide groups is 1. The number of halogens is 1. The van der Waals surface area contributed by atoms with E-state index in [1.54, 1.807) is 7.11 Å². The fourth-order valence-corrected chi connectivity index (χ4v) is 5.89. The number of hydrogen-bond acceptors (Lipinski definition) is 5. The van der Waals surface area contributed by atoms with Crippen LogP contribution in [0.25, 0.3) is 0 Å². The van der Waals surface area contributed by atoms with Gasteiger partial charge in [0.15, 0.2) is 0 Å². The van der Waals surface area contributed by atoms with E-state index in [-0.39, 0.29) is 24.3 Å². The Morgan fingerprint density at radius 1 is 1.11 bits per heavy atom. The Hall–Kier alpha value is -2.90. The lowest BCUT2D eigenvalue weighted by Crippen LogP contribution is -2.34. The first kappa shape index (κ1) is 28.1. The van der Waals surface area contributed by atoms with Gasteiger partial charge >= 0.3 is 5.97 Å². The van der Waals surface area contributed by atoms with Crippen LogP contribution < -0.4 is 4.74 Å². The smallest absolute Gasteiger partial charge is 0.305 e. The largest absolute Gasteiger partial charge is 0.496 e. The lowest BCUT2D eigenvalue weighted by atomic mass is 9.97. The monoisotopic (exact) mass is 540 g/mol. The Bertz CT molecular complexity index is 1110. The number of nitrogens with zero attached hydrogens (tertiary/aromatic N) is 2. The Balaban J connectivity index is 1.51. The van der Waals surface area contributed by atoms with Gasteiger partial charge in [-0.1, -0.05) is 48.7 Å². The molecule has 4 rings (SSSR count). The van der Waals surface area contributed by atoms with Crippen LogP contribution in [0.1, 0.15) is 74.1 Å². The highest BCUT2D eigenvalue weighted by atomic mass is 35.5. The van der Waals surface area contributed by atoms with E-state index in [2.05, 4.69) is 11.0 Å². The summed E-state index contributed by atoms with van der Waals surface area (Å²) in [5.74, 6) is 0.316. The minimum atomic E-state index is -0.829. The van der Waals surface area contributed by atoms with Crippen molar-refractivity contribution in [2.75, 3.05) is 20.2 Å². The summed E-state index contributed by atoms with van der Waals surface area (Å²) in [5, 5.41) is 10.4. The molecule has 1 saturated carbocycles. The van der Waals surface area contributed by atoms with Crippen LogP contribution >= 0.6 is 11.6 Å². The van der Waals surface area contributed by atoms with Crippen LogP contribution in [-0.2, 0) is 27.3 Å². The molecule has 2 aliphatic rings. The zero-order valence-corrected chi connectivity index (χ0v) is 22.8. The van der Waals surface area contributed by atoms with Gasteiger partial charge in [0.05, 0.1) is 13.5 Å². The maximum absolute atomic E-state index is 11.9. The highest BCUT2D eigenvalue weighted by Crippen LogP contribution is 2.33. The number of hydrogen-bond donors (Lipinski definition) is 1. The van der Waals surface area contributed by atoms with Gasteiger partial charge < -0.3 is 9.84 Å². The Morgan fingerprint density at radius 3 is 2.42 bits per heavy atom. The number of carbonyl (C=O) groups excluding carboxylic acids is 2. The SMILES string of the molecule is COc1cc(CN(CC2CCCC2)C(CC(=O)O)c2ccc(Cl)cc2)ccc1CCCN1C(=O)CCC1=O. The molecule has 7 nitrogen and oxygen atoms in total. The van der Waals surface area contributed by atoms with Gasteiger partial charge in [0.25, 0.3) is 0 Å². The lowest BCUT2D eigenvalue weighted by molar-refractivity contribution is -0.139. The minimum absolute atomic E-state index is 0.0114. The van der Waals surface area contributed by atoms with Crippen LogP contribution in [0.2, 0.25) is 5.02 Å². The average Bonchev–Trinajstić information content (AvgIpc) is 3.53. The molecule has 38 heavy (non-hydrogen) atoms. The first-order valence-electron chi connectivity index (χ1n) is 13.5. The van der Waals surface area contributed by atoms with E-state index in [9.17, 15) is 19.5 Å². The van der Waals surface area contributed by atoms with Gasteiger partial charge in [-0.15, -0.1) is 0 Å². The van der Waals surface area contributed by atoms with Gasteiger partial charge in [-0.25, -0.2) is 0 Å². The average molecular weight is 541 g/mol. The third kappa shape index (κ3) is 7.35. The van der Waals surface area contributed by atoms with Gasteiger partial charge in [-0.2, -0.15) is 0 Å². The zero-order valence-electron chi connectivity index (χ0n) is 22.0. The predicted molar refractivity (Wildman–Crippen MR) is 146 cm³/mol. The second kappa shape index (κ2) is 13.3. The Morgan fingerprint density at radius 2 is 1.79 bits per heavy atom. The summed E-state index contributed by atoms with van der Waals surface area (Å²) in [7, 11) is 1.65. The fraction of sp³-hybridized carbons (Fsp3) is 0.500. The summed E-state index contributed by atoms with van der Waals surface area (Å²) in [4.78, 5) is 39.4. The molecule has 1 aliphatic carbocycles. The number of methoxy groups -OCH3 is 1. The molecular formula is C30H37ClN2O5. The number of rotatable bonds is 13. The van der Waals surface area contributed by atoms with E-state index >= 15 is 0 Å².